The number of rotatable bonds is 4. The average Bonchev–Trinajstić information content (AvgIpc) is 2.91. The van der Waals surface area contributed by atoms with Gasteiger partial charge in [-0.3, -0.25) is 0 Å². The Morgan fingerprint density at radius 2 is 1.83 bits per heavy atom. The summed E-state index contributed by atoms with van der Waals surface area (Å²) in [5.41, 5.74) is 0.954. The lowest BCUT2D eigenvalue weighted by Gasteiger charge is -2.26. The van der Waals surface area contributed by atoms with Crippen LogP contribution in [0, 0.1) is 17.8 Å². The maximum atomic E-state index is 12.1. The van der Waals surface area contributed by atoms with Crippen LogP contribution in [-0.4, -0.2) is 48.2 Å². The normalized spacial score (nSPS) is 26.3. The van der Waals surface area contributed by atoms with Gasteiger partial charge in [0.15, 0.2) is 0 Å². The van der Waals surface area contributed by atoms with E-state index in [9.17, 15) is 4.79 Å². The van der Waals surface area contributed by atoms with Crippen molar-refractivity contribution in [1.82, 2.24) is 9.80 Å². The molecule has 4 nitrogen and oxygen atoms in total. The summed E-state index contributed by atoms with van der Waals surface area (Å²) in [6.45, 7) is 9.60. The molecule has 1 aliphatic heterocycles. The third-order valence-corrected chi connectivity index (χ3v) is 4.84. The van der Waals surface area contributed by atoms with E-state index >= 15 is 0 Å². The first-order chi connectivity index (χ1) is 10.8. The fourth-order valence-corrected chi connectivity index (χ4v) is 3.72. The number of benzene rings is 1. The second kappa shape index (κ2) is 6.16. The minimum Gasteiger partial charge on any atom is -0.444 e. The van der Waals surface area contributed by atoms with Gasteiger partial charge in [-0.2, -0.15) is 0 Å². The summed E-state index contributed by atoms with van der Waals surface area (Å²) in [4.78, 5) is 16.4. The number of ether oxygens (including phenoxy) is 1. The Kier molecular flexibility index (Phi) is 4.37. The molecule has 1 aliphatic carbocycles. The smallest absolute Gasteiger partial charge is 0.410 e. The first kappa shape index (κ1) is 16.3. The number of hydrogen-bond acceptors (Lipinski definition) is 3. The van der Waals surface area contributed by atoms with Crippen LogP contribution in [0.2, 0.25) is 0 Å². The summed E-state index contributed by atoms with van der Waals surface area (Å²) < 4.78 is 5.46. The summed E-state index contributed by atoms with van der Waals surface area (Å²) in [6.07, 6.45) is -0.152. The number of fused-ring (bicyclic) bond motifs is 1. The van der Waals surface area contributed by atoms with Gasteiger partial charge in [-0.15, -0.1) is 0 Å². The molecule has 0 aromatic heterocycles. The Morgan fingerprint density at radius 3 is 2.39 bits per heavy atom. The van der Waals surface area contributed by atoms with Crippen LogP contribution in [0.4, 0.5) is 4.79 Å². The molecule has 2 fully saturated rings. The van der Waals surface area contributed by atoms with Crippen molar-refractivity contribution in [2.45, 2.75) is 32.9 Å². The van der Waals surface area contributed by atoms with Crippen molar-refractivity contribution in [3.05, 3.63) is 35.9 Å². The molecule has 126 valence electrons. The highest BCUT2D eigenvalue weighted by Crippen LogP contribution is 2.52. The lowest BCUT2D eigenvalue weighted by molar-refractivity contribution is 0.0263. The Labute approximate surface area is 139 Å². The maximum Gasteiger partial charge on any atom is 0.410 e. The van der Waals surface area contributed by atoms with Crippen molar-refractivity contribution in [3.8, 4) is 0 Å². The van der Waals surface area contributed by atoms with Crippen LogP contribution in [0.25, 0.3) is 0 Å². The SMILES string of the molecule is CN(Cc1ccccc1)C[C@H]1C2CN(C(=O)OC(C)(C)C)C[C@@H]21. The van der Waals surface area contributed by atoms with Crippen molar-refractivity contribution in [3.63, 3.8) is 0 Å². The van der Waals surface area contributed by atoms with Gasteiger partial charge in [0.25, 0.3) is 0 Å². The largest absolute Gasteiger partial charge is 0.444 e. The monoisotopic (exact) mass is 316 g/mol. The molecular formula is C19H28N2O2. The minimum atomic E-state index is -0.404. The maximum absolute atomic E-state index is 12.1. The Balaban J connectivity index is 1.43. The highest BCUT2D eigenvalue weighted by molar-refractivity contribution is 5.69. The molecule has 3 rings (SSSR count). The molecule has 1 heterocycles. The topological polar surface area (TPSA) is 32.8 Å². The van der Waals surface area contributed by atoms with E-state index in [0.29, 0.717) is 11.8 Å². The molecule has 0 radical (unpaired) electrons. The number of nitrogens with zero attached hydrogens (tertiary/aromatic N) is 2. The highest BCUT2D eigenvalue weighted by Gasteiger charge is 2.56. The van der Waals surface area contributed by atoms with Gasteiger partial charge >= 0.3 is 6.09 Å². The van der Waals surface area contributed by atoms with Crippen molar-refractivity contribution in [1.29, 1.82) is 0 Å². The zero-order chi connectivity index (χ0) is 16.6. The van der Waals surface area contributed by atoms with E-state index in [2.05, 4.69) is 42.3 Å². The van der Waals surface area contributed by atoms with Crippen LogP contribution in [0.1, 0.15) is 26.3 Å². The molecule has 1 saturated heterocycles. The predicted octanol–water partition coefficient (Wildman–Crippen LogP) is 3.23. The molecule has 2 aliphatic rings. The summed E-state index contributed by atoms with van der Waals surface area (Å²) in [6, 6.07) is 10.6. The van der Waals surface area contributed by atoms with Gasteiger partial charge in [-0.25, -0.2) is 4.79 Å². The van der Waals surface area contributed by atoms with E-state index < -0.39 is 5.60 Å². The van der Waals surface area contributed by atoms with Crippen molar-refractivity contribution in [2.75, 3.05) is 26.7 Å². The molecule has 1 aromatic rings. The second-order valence-corrected chi connectivity index (χ2v) is 8.06. The molecule has 0 bridgehead atoms. The molecule has 3 atom stereocenters. The summed E-state index contributed by atoms with van der Waals surface area (Å²) in [7, 11) is 2.19. The standard InChI is InChI=1S/C19H28N2O2/c1-19(2,3)23-18(22)21-12-16-15(17(16)13-21)11-20(4)10-14-8-6-5-7-9-14/h5-9,15-17H,10-13H2,1-4H3/t15-,16-,17?/m1/s1. The Hall–Kier alpha value is -1.55. The van der Waals surface area contributed by atoms with Gasteiger partial charge < -0.3 is 14.5 Å². The number of carbonyl (C=O) groups is 1. The van der Waals surface area contributed by atoms with E-state index in [-0.39, 0.29) is 6.09 Å². The fraction of sp³-hybridized carbons (Fsp3) is 0.632. The molecule has 4 heteroatoms. The molecule has 0 N–H and O–H groups in total. The van der Waals surface area contributed by atoms with Gasteiger partial charge in [0.1, 0.15) is 5.60 Å². The van der Waals surface area contributed by atoms with Gasteiger partial charge in [-0.1, -0.05) is 30.3 Å². The summed E-state index contributed by atoms with van der Waals surface area (Å²) in [5.74, 6) is 2.07. The van der Waals surface area contributed by atoms with Crippen LogP contribution in [0.15, 0.2) is 30.3 Å². The number of piperidine rings is 1. The zero-order valence-electron chi connectivity index (χ0n) is 14.7. The van der Waals surface area contributed by atoms with Gasteiger partial charge in [0.2, 0.25) is 0 Å². The molecule has 1 aromatic carbocycles. The number of carbonyl (C=O) groups excluding carboxylic acids is 1. The first-order valence-electron chi connectivity index (χ1n) is 8.54. The van der Waals surface area contributed by atoms with E-state index in [0.717, 1.165) is 32.1 Å². The summed E-state index contributed by atoms with van der Waals surface area (Å²) >= 11 is 0. The van der Waals surface area contributed by atoms with Crippen molar-refractivity contribution < 1.29 is 9.53 Å². The highest BCUT2D eigenvalue weighted by atomic mass is 16.6. The van der Waals surface area contributed by atoms with Gasteiger partial charge in [-0.05, 0) is 51.1 Å². The Morgan fingerprint density at radius 1 is 1.22 bits per heavy atom. The van der Waals surface area contributed by atoms with Gasteiger partial charge in [0.05, 0.1) is 0 Å². The molecule has 23 heavy (non-hydrogen) atoms. The van der Waals surface area contributed by atoms with Crippen molar-refractivity contribution in [2.24, 2.45) is 17.8 Å². The lowest BCUT2D eigenvalue weighted by atomic mass is 10.2. The third kappa shape index (κ3) is 4.05. The fourth-order valence-electron chi connectivity index (χ4n) is 3.72. The second-order valence-electron chi connectivity index (χ2n) is 8.06. The number of amides is 1. The van der Waals surface area contributed by atoms with Crippen LogP contribution in [0.5, 0.6) is 0 Å². The van der Waals surface area contributed by atoms with E-state index in [1.54, 1.807) is 0 Å². The Bertz CT molecular complexity index is 540. The van der Waals surface area contributed by atoms with Crippen LogP contribution >= 0.6 is 0 Å². The van der Waals surface area contributed by atoms with Crippen LogP contribution < -0.4 is 0 Å². The molecule has 1 unspecified atom stereocenters. The van der Waals surface area contributed by atoms with Crippen LogP contribution in [0.3, 0.4) is 0 Å². The van der Waals surface area contributed by atoms with E-state index in [1.165, 1.54) is 5.56 Å². The van der Waals surface area contributed by atoms with E-state index in [4.69, 9.17) is 4.74 Å². The molecule has 0 spiro atoms. The van der Waals surface area contributed by atoms with E-state index in [1.807, 2.05) is 25.7 Å². The molecular weight excluding hydrogens is 288 g/mol. The zero-order valence-corrected chi connectivity index (χ0v) is 14.7. The average molecular weight is 316 g/mol. The van der Waals surface area contributed by atoms with Crippen molar-refractivity contribution >= 4 is 6.09 Å². The summed E-state index contributed by atoms with van der Waals surface area (Å²) in [5, 5.41) is 0. The first-order valence-corrected chi connectivity index (χ1v) is 8.54. The number of likely N-dealkylation sites (tertiary alicyclic amines) is 1. The predicted molar refractivity (Wildman–Crippen MR) is 91.1 cm³/mol. The van der Waals surface area contributed by atoms with Crippen LogP contribution in [-0.2, 0) is 11.3 Å². The number of hydrogen-bond donors (Lipinski definition) is 0. The third-order valence-electron chi connectivity index (χ3n) is 4.84. The quantitative estimate of drug-likeness (QED) is 0.855. The lowest BCUT2D eigenvalue weighted by Crippen LogP contribution is -2.37. The molecule has 1 amide bonds. The van der Waals surface area contributed by atoms with Gasteiger partial charge in [0, 0.05) is 26.2 Å². The molecule has 1 saturated carbocycles. The minimum absolute atomic E-state index is 0.152.